The Morgan fingerprint density at radius 2 is 1.71 bits per heavy atom. The van der Waals surface area contributed by atoms with Gasteiger partial charge < -0.3 is 21.3 Å². The zero-order chi connectivity index (χ0) is 24.2. The number of carbonyl (C=O) groups is 3. The third-order valence-electron chi connectivity index (χ3n) is 7.27. The van der Waals surface area contributed by atoms with Crippen molar-refractivity contribution in [3.05, 3.63) is 17.5 Å². The minimum atomic E-state index is -0.552. The second kappa shape index (κ2) is 8.21. The topological polar surface area (TPSA) is 154 Å². The third-order valence-corrected chi connectivity index (χ3v) is 7.27. The van der Waals surface area contributed by atoms with Crippen LogP contribution in [0.1, 0.15) is 63.9 Å². The molecule has 2 aromatic rings. The van der Waals surface area contributed by atoms with Gasteiger partial charge in [-0.05, 0) is 57.4 Å². The molecule has 0 radical (unpaired) electrons. The number of anilines is 2. The summed E-state index contributed by atoms with van der Waals surface area (Å²) in [6.45, 7) is 2.03. The van der Waals surface area contributed by atoms with Crippen LogP contribution < -0.4 is 26.6 Å². The number of fused-ring (bicyclic) bond motifs is 1. The number of carbonyl (C=O) groups excluding carboxylic acids is 3. The van der Waals surface area contributed by atoms with Crippen molar-refractivity contribution < 1.29 is 14.4 Å². The van der Waals surface area contributed by atoms with E-state index < -0.39 is 11.9 Å². The van der Waals surface area contributed by atoms with Gasteiger partial charge in [0, 0.05) is 29.1 Å². The molecule has 3 heterocycles. The predicted molar refractivity (Wildman–Crippen MR) is 127 cm³/mol. The molecular formula is C23H29N9O3. The van der Waals surface area contributed by atoms with Crippen LogP contribution in [-0.2, 0) is 9.59 Å². The quantitative estimate of drug-likeness (QED) is 0.296. The van der Waals surface area contributed by atoms with E-state index in [4.69, 9.17) is 4.98 Å². The number of hydrogen-bond donors (Lipinski definition) is 5. The lowest BCUT2D eigenvalue weighted by Crippen LogP contribution is -2.42. The summed E-state index contributed by atoms with van der Waals surface area (Å²) in [5.41, 5.74) is 1.13. The first-order valence-electron chi connectivity index (χ1n) is 12.3. The van der Waals surface area contributed by atoms with Crippen molar-refractivity contribution in [2.45, 2.75) is 76.4 Å². The molecule has 184 valence electrons. The summed E-state index contributed by atoms with van der Waals surface area (Å²) in [6.07, 6.45) is 10.9. The van der Waals surface area contributed by atoms with Crippen LogP contribution in [0.2, 0.25) is 0 Å². The molecule has 6 rings (SSSR count). The zero-order valence-electron chi connectivity index (χ0n) is 19.6. The average Bonchev–Trinajstić information content (AvgIpc) is 3.73. The van der Waals surface area contributed by atoms with Crippen molar-refractivity contribution in [1.29, 1.82) is 0 Å². The number of nitrogens with one attached hydrogen (secondary N) is 5. The Balaban J connectivity index is 1.19. The largest absolute Gasteiger partial charge is 0.353 e. The molecule has 0 atom stereocenters. The van der Waals surface area contributed by atoms with E-state index in [9.17, 15) is 14.4 Å². The molecular weight excluding hydrogens is 450 g/mol. The number of aromatic nitrogens is 4. The number of amides is 4. The molecule has 5 N–H and O–H groups in total. The summed E-state index contributed by atoms with van der Waals surface area (Å²) in [6, 6.07) is 0.220. The smallest absolute Gasteiger partial charge is 0.326 e. The maximum absolute atomic E-state index is 12.4. The SMILES string of the molecule is CC1(C(=O)N[C@H]2CC[C@H](Nc3nc(NC4CC4)n4ncc(/C=C5\NC(=O)NC5=O)c4n3)CC2)CC1. The van der Waals surface area contributed by atoms with Crippen LogP contribution in [0.15, 0.2) is 11.9 Å². The van der Waals surface area contributed by atoms with Crippen LogP contribution in [0.25, 0.3) is 11.7 Å². The van der Waals surface area contributed by atoms with Gasteiger partial charge in [0.05, 0.1) is 6.20 Å². The first-order chi connectivity index (χ1) is 16.9. The maximum atomic E-state index is 12.4. The summed E-state index contributed by atoms with van der Waals surface area (Å²) in [5, 5.41) is 19.2. The molecule has 35 heavy (non-hydrogen) atoms. The molecule has 0 spiro atoms. The minimum absolute atomic E-state index is 0.148. The van der Waals surface area contributed by atoms with Crippen molar-refractivity contribution >= 4 is 41.5 Å². The lowest BCUT2D eigenvalue weighted by Gasteiger charge is -2.30. The fourth-order valence-electron chi connectivity index (χ4n) is 4.54. The van der Waals surface area contributed by atoms with E-state index in [2.05, 4.69) is 36.7 Å². The summed E-state index contributed by atoms with van der Waals surface area (Å²) in [7, 11) is 0. The van der Waals surface area contributed by atoms with Crippen LogP contribution >= 0.6 is 0 Å². The standard InChI is InChI=1S/C23H29N9O3/c1-23(8-9-23)19(34)25-13-2-4-14(5-3-13)26-20-29-17-12(10-16-18(33)30-22(35)28-16)11-24-32(17)21(31-20)27-15-6-7-15/h10-11,13-15H,2-9H2,1H3,(H,25,34)(H2,26,27,29,31)(H2,28,30,33,35)/b16-10-/t13-,14-. The maximum Gasteiger partial charge on any atom is 0.326 e. The van der Waals surface area contributed by atoms with Gasteiger partial charge in [0.25, 0.3) is 5.91 Å². The molecule has 0 unspecified atom stereocenters. The lowest BCUT2D eigenvalue weighted by molar-refractivity contribution is -0.126. The third kappa shape index (κ3) is 4.52. The summed E-state index contributed by atoms with van der Waals surface area (Å²) in [4.78, 5) is 45.2. The van der Waals surface area contributed by atoms with Crippen molar-refractivity contribution in [2.75, 3.05) is 10.6 Å². The predicted octanol–water partition coefficient (Wildman–Crippen LogP) is 1.52. The van der Waals surface area contributed by atoms with E-state index in [1.54, 1.807) is 16.8 Å². The van der Waals surface area contributed by atoms with Crippen LogP contribution in [0, 0.1) is 5.41 Å². The Morgan fingerprint density at radius 1 is 1.03 bits per heavy atom. The Kier molecular flexibility index (Phi) is 5.11. The molecule has 0 bridgehead atoms. The highest BCUT2D eigenvalue weighted by molar-refractivity contribution is 6.14. The van der Waals surface area contributed by atoms with Gasteiger partial charge >= 0.3 is 6.03 Å². The summed E-state index contributed by atoms with van der Waals surface area (Å²) < 4.78 is 1.62. The number of imide groups is 1. The molecule has 3 saturated carbocycles. The van der Waals surface area contributed by atoms with E-state index in [-0.39, 0.29) is 29.1 Å². The van der Waals surface area contributed by atoms with Gasteiger partial charge in [0.2, 0.25) is 17.8 Å². The van der Waals surface area contributed by atoms with Crippen LogP contribution in [0.5, 0.6) is 0 Å². The average molecular weight is 480 g/mol. The molecule has 12 nitrogen and oxygen atoms in total. The van der Waals surface area contributed by atoms with Gasteiger partial charge in [-0.15, -0.1) is 0 Å². The summed E-state index contributed by atoms with van der Waals surface area (Å²) in [5.74, 6) is 0.771. The molecule has 1 saturated heterocycles. The molecule has 3 aliphatic carbocycles. The monoisotopic (exact) mass is 479 g/mol. The van der Waals surface area contributed by atoms with Crippen LogP contribution in [0.3, 0.4) is 0 Å². The molecule has 12 heteroatoms. The van der Waals surface area contributed by atoms with Crippen LogP contribution in [0.4, 0.5) is 16.7 Å². The van der Waals surface area contributed by atoms with Gasteiger partial charge in [-0.25, -0.2) is 4.79 Å². The fourth-order valence-corrected chi connectivity index (χ4v) is 4.54. The minimum Gasteiger partial charge on any atom is -0.353 e. The van der Waals surface area contributed by atoms with Crippen molar-refractivity contribution in [3.63, 3.8) is 0 Å². The van der Waals surface area contributed by atoms with Crippen molar-refractivity contribution in [3.8, 4) is 0 Å². The number of nitrogens with zero attached hydrogens (tertiary/aromatic N) is 4. The first-order valence-corrected chi connectivity index (χ1v) is 12.3. The molecule has 2 aromatic heterocycles. The van der Waals surface area contributed by atoms with Crippen molar-refractivity contribution in [2.24, 2.45) is 5.41 Å². The Labute approximate surface area is 201 Å². The normalized spacial score (nSPS) is 26.4. The van der Waals surface area contributed by atoms with Gasteiger partial charge in [0.15, 0.2) is 5.65 Å². The fraction of sp³-hybridized carbons (Fsp3) is 0.565. The van der Waals surface area contributed by atoms with E-state index >= 15 is 0 Å². The highest BCUT2D eigenvalue weighted by Gasteiger charge is 2.45. The van der Waals surface area contributed by atoms with E-state index in [0.29, 0.717) is 29.1 Å². The molecule has 4 aliphatic rings. The summed E-state index contributed by atoms with van der Waals surface area (Å²) >= 11 is 0. The number of rotatable bonds is 7. The Morgan fingerprint density at radius 3 is 2.37 bits per heavy atom. The molecule has 4 amide bonds. The van der Waals surface area contributed by atoms with Gasteiger partial charge in [-0.1, -0.05) is 6.92 Å². The Hall–Kier alpha value is -3.70. The number of hydrogen-bond acceptors (Lipinski definition) is 8. The zero-order valence-corrected chi connectivity index (χ0v) is 19.6. The number of urea groups is 1. The van der Waals surface area contributed by atoms with Gasteiger partial charge in [-0.2, -0.15) is 19.6 Å². The van der Waals surface area contributed by atoms with Crippen molar-refractivity contribution in [1.82, 2.24) is 35.5 Å². The highest BCUT2D eigenvalue weighted by Crippen LogP contribution is 2.45. The molecule has 1 aliphatic heterocycles. The lowest BCUT2D eigenvalue weighted by atomic mass is 9.90. The highest BCUT2D eigenvalue weighted by atomic mass is 16.2. The van der Waals surface area contributed by atoms with Crippen LogP contribution in [-0.4, -0.2) is 55.6 Å². The Bertz CT molecular complexity index is 1240. The van der Waals surface area contributed by atoms with Gasteiger partial charge in [0.1, 0.15) is 5.70 Å². The molecule has 4 fully saturated rings. The van der Waals surface area contributed by atoms with E-state index in [1.165, 1.54) is 0 Å². The van der Waals surface area contributed by atoms with Gasteiger partial charge in [-0.3, -0.25) is 14.9 Å². The first kappa shape index (κ1) is 21.8. The second-order valence-electron chi connectivity index (χ2n) is 10.3. The van der Waals surface area contributed by atoms with E-state index in [0.717, 1.165) is 51.4 Å². The second-order valence-corrected chi connectivity index (χ2v) is 10.3. The van der Waals surface area contributed by atoms with E-state index in [1.807, 2.05) is 6.92 Å². The molecule has 0 aromatic carbocycles.